The highest BCUT2D eigenvalue weighted by Crippen LogP contribution is 1.93. The Bertz CT molecular complexity index is 477. The Kier molecular flexibility index (Phi) is 3.27. The summed E-state index contributed by atoms with van der Waals surface area (Å²) in [5.41, 5.74) is -0.257. The fourth-order valence-electron chi connectivity index (χ4n) is 1.28. The minimum atomic E-state index is -0.257. The lowest BCUT2D eigenvalue weighted by Gasteiger charge is -2.04. The van der Waals surface area contributed by atoms with Crippen LogP contribution >= 0.6 is 0 Å². The molecule has 2 N–H and O–H groups in total. The molecule has 0 saturated heterocycles. The number of aromatic amines is 1. The van der Waals surface area contributed by atoms with E-state index >= 15 is 0 Å². The summed E-state index contributed by atoms with van der Waals surface area (Å²) < 4.78 is 1.99. The standard InChI is InChI=1S/C9H12N6O/c16-8-6-12-14-9(13-8)11-2-1-4-15-5-3-10-7-15/h3,5-7H,1-2,4H2,(H2,11,13,14,16). The van der Waals surface area contributed by atoms with E-state index in [4.69, 9.17) is 0 Å². The van der Waals surface area contributed by atoms with Crippen molar-refractivity contribution in [2.24, 2.45) is 0 Å². The highest BCUT2D eigenvalue weighted by Gasteiger charge is 1.95. The molecule has 2 rings (SSSR count). The lowest BCUT2D eigenvalue weighted by Crippen LogP contribution is -2.14. The quantitative estimate of drug-likeness (QED) is 0.685. The van der Waals surface area contributed by atoms with Crippen LogP contribution < -0.4 is 10.9 Å². The smallest absolute Gasteiger partial charge is 0.271 e. The zero-order valence-electron chi connectivity index (χ0n) is 8.63. The molecule has 16 heavy (non-hydrogen) atoms. The van der Waals surface area contributed by atoms with Gasteiger partial charge in [0.25, 0.3) is 5.56 Å². The van der Waals surface area contributed by atoms with E-state index in [2.05, 4.69) is 25.5 Å². The lowest BCUT2D eigenvalue weighted by molar-refractivity contribution is 0.658. The second-order valence-electron chi connectivity index (χ2n) is 3.26. The first kappa shape index (κ1) is 10.3. The maximum atomic E-state index is 10.9. The molecule has 0 radical (unpaired) electrons. The van der Waals surface area contributed by atoms with Gasteiger partial charge in [-0.3, -0.25) is 9.78 Å². The molecule has 2 aromatic rings. The molecule has 0 aromatic carbocycles. The SMILES string of the molecule is O=c1cnnc(NCCCn2ccnc2)[nH]1. The molecular formula is C9H12N6O. The topological polar surface area (TPSA) is 88.5 Å². The van der Waals surface area contributed by atoms with E-state index in [1.165, 1.54) is 0 Å². The Balaban J connectivity index is 1.74. The van der Waals surface area contributed by atoms with Crippen LogP contribution in [0.3, 0.4) is 0 Å². The minimum absolute atomic E-state index is 0.257. The number of hydrogen-bond acceptors (Lipinski definition) is 5. The number of nitrogens with one attached hydrogen (secondary N) is 2. The first-order valence-corrected chi connectivity index (χ1v) is 4.96. The van der Waals surface area contributed by atoms with Crippen molar-refractivity contribution in [3.8, 4) is 0 Å². The fourth-order valence-corrected chi connectivity index (χ4v) is 1.28. The molecule has 7 nitrogen and oxygen atoms in total. The van der Waals surface area contributed by atoms with Gasteiger partial charge in [0.05, 0.1) is 6.33 Å². The van der Waals surface area contributed by atoms with Crippen LogP contribution in [0.5, 0.6) is 0 Å². The average molecular weight is 220 g/mol. The molecule has 0 atom stereocenters. The van der Waals surface area contributed by atoms with E-state index in [0.29, 0.717) is 12.5 Å². The number of rotatable bonds is 5. The molecule has 2 aromatic heterocycles. The summed E-state index contributed by atoms with van der Waals surface area (Å²) in [7, 11) is 0. The highest BCUT2D eigenvalue weighted by molar-refractivity contribution is 5.19. The first-order valence-electron chi connectivity index (χ1n) is 4.96. The number of aromatic nitrogens is 5. The van der Waals surface area contributed by atoms with Gasteiger partial charge in [0, 0.05) is 25.5 Å². The zero-order valence-corrected chi connectivity index (χ0v) is 8.63. The van der Waals surface area contributed by atoms with Gasteiger partial charge in [0.15, 0.2) is 0 Å². The number of imidazole rings is 1. The van der Waals surface area contributed by atoms with Crippen molar-refractivity contribution in [3.05, 3.63) is 35.3 Å². The molecule has 0 unspecified atom stereocenters. The second-order valence-corrected chi connectivity index (χ2v) is 3.26. The van der Waals surface area contributed by atoms with E-state index in [1.807, 2.05) is 10.8 Å². The zero-order chi connectivity index (χ0) is 11.2. The number of H-pyrrole nitrogens is 1. The van der Waals surface area contributed by atoms with E-state index in [1.54, 1.807) is 12.5 Å². The molecule has 0 spiro atoms. The number of hydrogen-bond donors (Lipinski definition) is 2. The summed E-state index contributed by atoms with van der Waals surface area (Å²) in [6, 6.07) is 0. The van der Waals surface area contributed by atoms with E-state index in [0.717, 1.165) is 19.2 Å². The summed E-state index contributed by atoms with van der Waals surface area (Å²) >= 11 is 0. The fraction of sp³-hybridized carbons (Fsp3) is 0.333. The van der Waals surface area contributed by atoms with E-state index in [-0.39, 0.29) is 5.56 Å². The van der Waals surface area contributed by atoms with Crippen LogP contribution in [0.4, 0.5) is 5.95 Å². The van der Waals surface area contributed by atoms with Gasteiger partial charge < -0.3 is 9.88 Å². The molecule has 7 heteroatoms. The van der Waals surface area contributed by atoms with Crippen molar-refractivity contribution in [1.29, 1.82) is 0 Å². The third-order valence-corrected chi connectivity index (χ3v) is 2.02. The lowest BCUT2D eigenvalue weighted by atomic mass is 10.4. The monoisotopic (exact) mass is 220 g/mol. The minimum Gasteiger partial charge on any atom is -0.354 e. The number of aryl methyl sites for hydroxylation is 1. The summed E-state index contributed by atoms with van der Waals surface area (Å²) in [4.78, 5) is 17.4. The van der Waals surface area contributed by atoms with E-state index < -0.39 is 0 Å². The van der Waals surface area contributed by atoms with Gasteiger partial charge in [-0.25, -0.2) is 4.98 Å². The van der Waals surface area contributed by atoms with Crippen LogP contribution in [-0.2, 0) is 6.54 Å². The molecule has 0 aliphatic heterocycles. The maximum absolute atomic E-state index is 10.9. The third-order valence-electron chi connectivity index (χ3n) is 2.02. The summed E-state index contributed by atoms with van der Waals surface area (Å²) in [6.45, 7) is 1.59. The van der Waals surface area contributed by atoms with Gasteiger partial charge >= 0.3 is 0 Å². The molecule has 0 bridgehead atoms. The number of anilines is 1. The Morgan fingerprint density at radius 1 is 1.50 bits per heavy atom. The van der Waals surface area contributed by atoms with Crippen LogP contribution in [0.2, 0.25) is 0 Å². The van der Waals surface area contributed by atoms with Gasteiger partial charge in [0.1, 0.15) is 6.20 Å². The van der Waals surface area contributed by atoms with E-state index in [9.17, 15) is 4.79 Å². The van der Waals surface area contributed by atoms with Crippen molar-refractivity contribution < 1.29 is 0 Å². The maximum Gasteiger partial charge on any atom is 0.271 e. The molecular weight excluding hydrogens is 208 g/mol. The second kappa shape index (κ2) is 5.06. The van der Waals surface area contributed by atoms with Crippen molar-refractivity contribution >= 4 is 5.95 Å². The van der Waals surface area contributed by atoms with Crippen LogP contribution in [0.15, 0.2) is 29.7 Å². The molecule has 0 amide bonds. The molecule has 0 saturated carbocycles. The van der Waals surface area contributed by atoms with Gasteiger partial charge in [-0.15, -0.1) is 10.2 Å². The van der Waals surface area contributed by atoms with Gasteiger partial charge in [-0.2, -0.15) is 0 Å². The molecule has 0 fully saturated rings. The Labute approximate surface area is 91.6 Å². The molecule has 0 aliphatic carbocycles. The number of nitrogens with zero attached hydrogens (tertiary/aromatic N) is 4. The summed E-state index contributed by atoms with van der Waals surface area (Å²) in [6.07, 6.45) is 7.47. The van der Waals surface area contributed by atoms with Crippen LogP contribution in [0.1, 0.15) is 6.42 Å². The predicted octanol–water partition coefficient (Wildman–Crippen LogP) is -0.136. The molecule has 2 heterocycles. The van der Waals surface area contributed by atoms with Gasteiger partial charge in [0.2, 0.25) is 5.95 Å². The summed E-state index contributed by atoms with van der Waals surface area (Å²) in [5, 5.41) is 10.3. The molecule has 84 valence electrons. The van der Waals surface area contributed by atoms with Crippen LogP contribution in [0, 0.1) is 0 Å². The first-order chi connectivity index (χ1) is 7.84. The Morgan fingerprint density at radius 2 is 2.44 bits per heavy atom. The highest BCUT2D eigenvalue weighted by atomic mass is 16.1. The summed E-state index contributed by atoms with van der Waals surface area (Å²) in [5.74, 6) is 0.401. The van der Waals surface area contributed by atoms with Crippen LogP contribution in [0.25, 0.3) is 0 Å². The van der Waals surface area contributed by atoms with Crippen LogP contribution in [-0.4, -0.2) is 31.3 Å². The Hall–Kier alpha value is -2.18. The molecule has 0 aliphatic rings. The Morgan fingerprint density at radius 3 is 3.19 bits per heavy atom. The van der Waals surface area contributed by atoms with Crippen molar-refractivity contribution in [2.75, 3.05) is 11.9 Å². The largest absolute Gasteiger partial charge is 0.354 e. The van der Waals surface area contributed by atoms with Crippen molar-refractivity contribution in [3.63, 3.8) is 0 Å². The normalized spacial score (nSPS) is 10.2. The van der Waals surface area contributed by atoms with Gasteiger partial charge in [-0.05, 0) is 6.42 Å². The predicted molar refractivity (Wildman–Crippen MR) is 58.0 cm³/mol. The van der Waals surface area contributed by atoms with Gasteiger partial charge in [-0.1, -0.05) is 0 Å². The third kappa shape index (κ3) is 2.91. The van der Waals surface area contributed by atoms with Crippen molar-refractivity contribution in [2.45, 2.75) is 13.0 Å². The average Bonchev–Trinajstić information content (AvgIpc) is 2.77. The van der Waals surface area contributed by atoms with Crippen molar-refractivity contribution in [1.82, 2.24) is 24.7 Å².